The number of nitrogens with one attached hydrogen (secondary N) is 1. The van der Waals surface area contributed by atoms with Crippen LogP contribution in [-0.4, -0.2) is 17.6 Å². The molecule has 1 heterocycles. The Morgan fingerprint density at radius 3 is 2.10 bits per heavy atom. The highest BCUT2D eigenvalue weighted by Crippen LogP contribution is 2.38. The van der Waals surface area contributed by atoms with Crippen molar-refractivity contribution in [1.82, 2.24) is 5.32 Å². The molecule has 1 N–H and O–H groups in total. The molecule has 0 radical (unpaired) electrons. The third-order valence-electron chi connectivity index (χ3n) is 4.69. The molecule has 0 atom stereocenters. The van der Waals surface area contributed by atoms with Gasteiger partial charge in [0.2, 0.25) is 12.7 Å². The minimum absolute atomic E-state index is 0.00989. The van der Waals surface area contributed by atoms with Crippen molar-refractivity contribution in [3.05, 3.63) is 106 Å². The molecule has 1 amide bonds. The topological polar surface area (TPSA) is 90.7 Å². The number of carbonyl (C=O) groups is 1. The third kappa shape index (κ3) is 4.15. The van der Waals surface area contributed by atoms with Crippen LogP contribution in [0, 0.1) is 10.1 Å². The van der Waals surface area contributed by atoms with E-state index in [-0.39, 0.29) is 30.0 Å². The Morgan fingerprint density at radius 1 is 0.967 bits per heavy atom. The van der Waals surface area contributed by atoms with Crippen LogP contribution in [0.1, 0.15) is 22.7 Å². The lowest BCUT2D eigenvalue weighted by Gasteiger charge is -2.19. The smallest absolute Gasteiger partial charge is 0.280 e. The second-order valence-corrected chi connectivity index (χ2v) is 6.62. The Morgan fingerprint density at radius 2 is 1.53 bits per heavy atom. The number of amides is 1. The number of rotatable bonds is 6. The molecular weight excluding hydrogens is 384 g/mol. The molecule has 0 unspecified atom stereocenters. The first-order valence-electron chi connectivity index (χ1n) is 9.28. The quantitative estimate of drug-likeness (QED) is 0.378. The maximum Gasteiger partial charge on any atom is 0.280 e. The van der Waals surface area contributed by atoms with Gasteiger partial charge in [-0.3, -0.25) is 14.9 Å². The molecule has 150 valence electrons. The van der Waals surface area contributed by atoms with Crippen LogP contribution in [0.15, 0.2) is 78.9 Å². The Balaban J connectivity index is 1.59. The fourth-order valence-corrected chi connectivity index (χ4v) is 3.24. The molecule has 1 aliphatic rings. The van der Waals surface area contributed by atoms with Gasteiger partial charge in [0, 0.05) is 6.08 Å². The molecule has 30 heavy (non-hydrogen) atoms. The molecule has 7 nitrogen and oxygen atoms in total. The van der Waals surface area contributed by atoms with E-state index in [1.54, 1.807) is 0 Å². The minimum atomic E-state index is -0.518. The summed E-state index contributed by atoms with van der Waals surface area (Å²) in [5.74, 6) is 0.350. The Bertz CT molecular complexity index is 1060. The Labute approximate surface area is 172 Å². The van der Waals surface area contributed by atoms with Gasteiger partial charge < -0.3 is 14.8 Å². The standard InChI is InChI=1S/C23H18N2O5/c26-22(12-11-18-13-20-21(30-15-29-20)14-19(18)25(27)28)24-23(16-7-3-1-4-8-16)17-9-5-2-6-10-17/h1-14,23H,15H2,(H,24,26)/b12-11+. The zero-order chi connectivity index (χ0) is 20.9. The van der Waals surface area contributed by atoms with Gasteiger partial charge in [0.1, 0.15) is 0 Å². The van der Waals surface area contributed by atoms with Crippen LogP contribution in [0.5, 0.6) is 11.5 Å². The molecule has 3 aromatic carbocycles. The first-order valence-corrected chi connectivity index (χ1v) is 9.28. The molecule has 0 saturated heterocycles. The van der Waals surface area contributed by atoms with Crippen LogP contribution in [0.4, 0.5) is 5.69 Å². The summed E-state index contributed by atoms with van der Waals surface area (Å²) in [6.07, 6.45) is 2.69. The van der Waals surface area contributed by atoms with Gasteiger partial charge in [0.25, 0.3) is 5.69 Å². The molecule has 0 aliphatic carbocycles. The summed E-state index contributed by atoms with van der Waals surface area (Å²) < 4.78 is 10.5. The van der Waals surface area contributed by atoms with Gasteiger partial charge in [-0.25, -0.2) is 0 Å². The van der Waals surface area contributed by atoms with E-state index < -0.39 is 4.92 Å². The summed E-state index contributed by atoms with van der Waals surface area (Å²) in [7, 11) is 0. The SMILES string of the molecule is O=C(/C=C/c1cc2c(cc1[N+](=O)[O-])OCO2)NC(c1ccccc1)c1ccccc1. The monoisotopic (exact) mass is 402 g/mol. The van der Waals surface area contributed by atoms with E-state index in [9.17, 15) is 14.9 Å². The predicted molar refractivity (Wildman–Crippen MR) is 111 cm³/mol. The number of nitro groups is 1. The largest absolute Gasteiger partial charge is 0.454 e. The normalized spacial score (nSPS) is 12.3. The molecule has 0 bridgehead atoms. The first-order chi connectivity index (χ1) is 14.6. The van der Waals surface area contributed by atoms with E-state index in [4.69, 9.17) is 9.47 Å². The van der Waals surface area contributed by atoms with E-state index in [0.717, 1.165) is 11.1 Å². The molecule has 1 aliphatic heterocycles. The molecule has 0 saturated carbocycles. The number of nitro benzene ring substituents is 1. The minimum Gasteiger partial charge on any atom is -0.454 e. The summed E-state index contributed by atoms with van der Waals surface area (Å²) >= 11 is 0. The van der Waals surface area contributed by atoms with E-state index in [2.05, 4.69) is 5.32 Å². The van der Waals surface area contributed by atoms with Gasteiger partial charge in [0.15, 0.2) is 11.5 Å². The molecule has 7 heteroatoms. The van der Waals surface area contributed by atoms with Crippen LogP contribution < -0.4 is 14.8 Å². The van der Waals surface area contributed by atoms with Gasteiger partial charge in [-0.2, -0.15) is 0 Å². The Kier molecular flexibility index (Phi) is 5.43. The molecule has 0 fully saturated rings. The molecule has 0 spiro atoms. The first kappa shape index (κ1) is 19.2. The van der Waals surface area contributed by atoms with Crippen molar-refractivity contribution >= 4 is 17.7 Å². The zero-order valence-electron chi connectivity index (χ0n) is 15.9. The van der Waals surface area contributed by atoms with Crippen LogP contribution in [-0.2, 0) is 4.79 Å². The van der Waals surface area contributed by atoms with Crippen molar-refractivity contribution < 1.29 is 19.2 Å². The van der Waals surface area contributed by atoms with E-state index in [1.165, 1.54) is 24.3 Å². The van der Waals surface area contributed by atoms with Crippen molar-refractivity contribution in [1.29, 1.82) is 0 Å². The molecule has 3 aromatic rings. The van der Waals surface area contributed by atoms with Gasteiger partial charge in [-0.1, -0.05) is 60.7 Å². The number of hydrogen-bond donors (Lipinski definition) is 1. The molecular formula is C23H18N2O5. The summed E-state index contributed by atoms with van der Waals surface area (Å²) in [5, 5.41) is 14.4. The summed E-state index contributed by atoms with van der Waals surface area (Å²) in [4.78, 5) is 23.5. The number of benzene rings is 3. The van der Waals surface area contributed by atoms with E-state index in [1.807, 2.05) is 60.7 Å². The van der Waals surface area contributed by atoms with Crippen molar-refractivity contribution in [2.75, 3.05) is 6.79 Å². The number of nitrogens with zero attached hydrogens (tertiary/aromatic N) is 1. The van der Waals surface area contributed by atoms with Crippen LogP contribution >= 0.6 is 0 Å². The summed E-state index contributed by atoms with van der Waals surface area (Å²) in [6.45, 7) is 0.00989. The second-order valence-electron chi connectivity index (χ2n) is 6.62. The maximum absolute atomic E-state index is 12.7. The van der Waals surface area contributed by atoms with E-state index >= 15 is 0 Å². The second kappa shape index (κ2) is 8.48. The lowest BCUT2D eigenvalue weighted by molar-refractivity contribution is -0.385. The number of ether oxygens (including phenoxy) is 2. The highest BCUT2D eigenvalue weighted by molar-refractivity contribution is 5.93. The predicted octanol–water partition coefficient (Wildman–Crippen LogP) is 4.24. The maximum atomic E-state index is 12.7. The third-order valence-corrected chi connectivity index (χ3v) is 4.69. The van der Waals surface area contributed by atoms with Crippen molar-refractivity contribution in [3.63, 3.8) is 0 Å². The van der Waals surface area contributed by atoms with Gasteiger partial charge in [0.05, 0.1) is 22.6 Å². The van der Waals surface area contributed by atoms with Gasteiger partial charge in [-0.05, 0) is 23.3 Å². The van der Waals surface area contributed by atoms with E-state index in [0.29, 0.717) is 11.5 Å². The Hall–Kier alpha value is -4.13. The fraction of sp³-hybridized carbons (Fsp3) is 0.0870. The van der Waals surface area contributed by atoms with Gasteiger partial charge in [-0.15, -0.1) is 0 Å². The summed E-state index contributed by atoms with van der Waals surface area (Å²) in [6, 6.07) is 21.6. The average molecular weight is 402 g/mol. The van der Waals surface area contributed by atoms with Crippen LogP contribution in [0.3, 0.4) is 0 Å². The number of fused-ring (bicyclic) bond motifs is 1. The van der Waals surface area contributed by atoms with Crippen molar-refractivity contribution in [2.45, 2.75) is 6.04 Å². The number of hydrogen-bond acceptors (Lipinski definition) is 5. The highest BCUT2D eigenvalue weighted by Gasteiger charge is 2.22. The number of carbonyl (C=O) groups excluding carboxylic acids is 1. The molecule has 4 rings (SSSR count). The lowest BCUT2D eigenvalue weighted by atomic mass is 9.98. The van der Waals surface area contributed by atoms with Crippen molar-refractivity contribution in [3.8, 4) is 11.5 Å². The van der Waals surface area contributed by atoms with Crippen molar-refractivity contribution in [2.24, 2.45) is 0 Å². The van der Waals surface area contributed by atoms with Gasteiger partial charge >= 0.3 is 0 Å². The molecule has 0 aromatic heterocycles. The fourth-order valence-electron chi connectivity index (χ4n) is 3.24. The van der Waals surface area contributed by atoms with Crippen LogP contribution in [0.25, 0.3) is 6.08 Å². The zero-order valence-corrected chi connectivity index (χ0v) is 15.9. The lowest BCUT2D eigenvalue weighted by Crippen LogP contribution is -2.27. The summed E-state index contributed by atoms with van der Waals surface area (Å²) in [5.41, 5.74) is 1.96. The van der Waals surface area contributed by atoms with Crippen LogP contribution in [0.2, 0.25) is 0 Å². The highest BCUT2D eigenvalue weighted by atomic mass is 16.7. The average Bonchev–Trinajstić information content (AvgIpc) is 3.24.